The Labute approximate surface area is 140 Å². The van der Waals surface area contributed by atoms with Crippen LogP contribution in [-0.2, 0) is 4.79 Å². The molecule has 1 atom stereocenters. The Bertz CT molecular complexity index is 455. The van der Waals surface area contributed by atoms with Gasteiger partial charge >= 0.3 is 0 Å². The van der Waals surface area contributed by atoms with E-state index in [0.717, 1.165) is 25.4 Å². The molecule has 1 fully saturated rings. The number of aryl methyl sites for hydroxylation is 1. The van der Waals surface area contributed by atoms with Crippen LogP contribution in [-0.4, -0.2) is 30.9 Å². The lowest BCUT2D eigenvalue weighted by atomic mass is 9.93. The van der Waals surface area contributed by atoms with Gasteiger partial charge in [-0.25, -0.2) is 0 Å². The molecule has 1 unspecified atom stereocenters. The summed E-state index contributed by atoms with van der Waals surface area (Å²) in [5.41, 5.74) is 2.46. The number of nitrogens with zero attached hydrogens (tertiary/aromatic N) is 1. The van der Waals surface area contributed by atoms with Crippen LogP contribution >= 0.6 is 12.4 Å². The fraction of sp³-hybridized carbons (Fsp3) is 0.611. The van der Waals surface area contributed by atoms with Gasteiger partial charge in [0.05, 0.1) is 6.04 Å². The molecule has 3 nitrogen and oxygen atoms in total. The Kier molecular flexibility index (Phi) is 7.91. The van der Waals surface area contributed by atoms with E-state index < -0.39 is 0 Å². The number of hydrogen-bond donors (Lipinski definition) is 1. The SMILES string of the molecule is Cc1ccc(C(C)N(C)C(=O)CCC2CCNCC2)cc1.Cl. The molecular weight excluding hydrogens is 296 g/mol. The first-order valence-corrected chi connectivity index (χ1v) is 8.11. The first-order chi connectivity index (χ1) is 10.1. The molecule has 0 radical (unpaired) electrons. The number of carbonyl (C=O) groups excluding carboxylic acids is 1. The molecule has 4 heteroatoms. The lowest BCUT2D eigenvalue weighted by molar-refractivity contribution is -0.132. The summed E-state index contributed by atoms with van der Waals surface area (Å²) in [4.78, 5) is 14.3. The topological polar surface area (TPSA) is 32.3 Å². The van der Waals surface area contributed by atoms with Gasteiger partial charge in [-0.05, 0) is 57.7 Å². The first-order valence-electron chi connectivity index (χ1n) is 8.11. The number of amides is 1. The van der Waals surface area contributed by atoms with Gasteiger partial charge in [-0.15, -0.1) is 12.4 Å². The fourth-order valence-corrected chi connectivity index (χ4v) is 2.96. The van der Waals surface area contributed by atoms with E-state index in [4.69, 9.17) is 0 Å². The van der Waals surface area contributed by atoms with E-state index in [1.165, 1.54) is 24.0 Å². The molecule has 1 aliphatic rings. The number of carbonyl (C=O) groups is 1. The van der Waals surface area contributed by atoms with Crippen LogP contribution in [0.25, 0.3) is 0 Å². The molecule has 1 heterocycles. The summed E-state index contributed by atoms with van der Waals surface area (Å²) in [6, 6.07) is 8.61. The number of benzene rings is 1. The third-order valence-corrected chi connectivity index (χ3v) is 4.76. The second kappa shape index (κ2) is 9.16. The fourth-order valence-electron chi connectivity index (χ4n) is 2.96. The Morgan fingerprint density at radius 1 is 1.27 bits per heavy atom. The largest absolute Gasteiger partial charge is 0.339 e. The molecule has 0 bridgehead atoms. The second-order valence-corrected chi connectivity index (χ2v) is 6.32. The van der Waals surface area contributed by atoms with Crippen molar-refractivity contribution < 1.29 is 4.79 Å². The second-order valence-electron chi connectivity index (χ2n) is 6.32. The van der Waals surface area contributed by atoms with Gasteiger partial charge in [0.1, 0.15) is 0 Å². The normalized spacial score (nSPS) is 16.7. The third kappa shape index (κ3) is 5.29. The van der Waals surface area contributed by atoms with Gasteiger partial charge in [0, 0.05) is 13.5 Å². The highest BCUT2D eigenvalue weighted by Crippen LogP contribution is 2.22. The summed E-state index contributed by atoms with van der Waals surface area (Å²) >= 11 is 0. The number of piperidine rings is 1. The van der Waals surface area contributed by atoms with Crippen molar-refractivity contribution in [3.63, 3.8) is 0 Å². The van der Waals surface area contributed by atoms with E-state index in [1.807, 2.05) is 11.9 Å². The van der Waals surface area contributed by atoms with Crippen LogP contribution in [0.5, 0.6) is 0 Å². The van der Waals surface area contributed by atoms with Crippen LogP contribution in [0.4, 0.5) is 0 Å². The molecule has 1 amide bonds. The molecule has 0 spiro atoms. The molecule has 1 saturated heterocycles. The predicted molar refractivity (Wildman–Crippen MR) is 94.4 cm³/mol. The minimum Gasteiger partial charge on any atom is -0.339 e. The van der Waals surface area contributed by atoms with Crippen molar-refractivity contribution in [3.8, 4) is 0 Å². The number of rotatable bonds is 5. The molecule has 124 valence electrons. The van der Waals surface area contributed by atoms with E-state index in [1.54, 1.807) is 0 Å². The van der Waals surface area contributed by atoms with Gasteiger partial charge in [0.25, 0.3) is 0 Å². The highest BCUT2D eigenvalue weighted by molar-refractivity contribution is 5.85. The van der Waals surface area contributed by atoms with E-state index in [9.17, 15) is 4.79 Å². The van der Waals surface area contributed by atoms with Gasteiger partial charge in [-0.2, -0.15) is 0 Å². The average Bonchev–Trinajstić information content (AvgIpc) is 2.53. The van der Waals surface area contributed by atoms with Crippen LogP contribution in [0.2, 0.25) is 0 Å². The smallest absolute Gasteiger partial charge is 0.222 e. The van der Waals surface area contributed by atoms with Crippen molar-refractivity contribution in [2.75, 3.05) is 20.1 Å². The van der Waals surface area contributed by atoms with Gasteiger partial charge in [-0.1, -0.05) is 29.8 Å². The van der Waals surface area contributed by atoms with E-state index >= 15 is 0 Å². The number of hydrogen-bond acceptors (Lipinski definition) is 2. The molecule has 0 aromatic heterocycles. The van der Waals surface area contributed by atoms with Crippen LogP contribution in [0.3, 0.4) is 0 Å². The number of halogens is 1. The monoisotopic (exact) mass is 324 g/mol. The molecule has 0 aliphatic carbocycles. The highest BCUT2D eigenvalue weighted by Gasteiger charge is 2.19. The Balaban J connectivity index is 0.00000242. The maximum Gasteiger partial charge on any atom is 0.222 e. The van der Waals surface area contributed by atoms with E-state index in [-0.39, 0.29) is 24.4 Å². The zero-order chi connectivity index (χ0) is 15.2. The third-order valence-electron chi connectivity index (χ3n) is 4.76. The maximum atomic E-state index is 12.4. The highest BCUT2D eigenvalue weighted by atomic mass is 35.5. The molecule has 1 N–H and O–H groups in total. The van der Waals surface area contributed by atoms with Gasteiger partial charge in [0.2, 0.25) is 5.91 Å². The van der Waals surface area contributed by atoms with E-state index in [2.05, 4.69) is 43.4 Å². The Morgan fingerprint density at radius 2 is 1.86 bits per heavy atom. The summed E-state index contributed by atoms with van der Waals surface area (Å²) < 4.78 is 0. The minimum atomic E-state index is 0. The zero-order valence-electron chi connectivity index (χ0n) is 14.0. The van der Waals surface area contributed by atoms with Gasteiger partial charge in [-0.3, -0.25) is 4.79 Å². The van der Waals surface area contributed by atoms with Gasteiger partial charge < -0.3 is 10.2 Å². The molecule has 0 saturated carbocycles. The van der Waals surface area contributed by atoms with Crippen molar-refractivity contribution >= 4 is 18.3 Å². The summed E-state index contributed by atoms with van der Waals surface area (Å²) in [5.74, 6) is 0.986. The standard InChI is InChI=1S/C18H28N2O.ClH/c1-14-4-7-17(8-5-14)15(2)20(3)18(21)9-6-16-10-12-19-13-11-16;/h4-5,7-8,15-16,19H,6,9-13H2,1-3H3;1H. The maximum absolute atomic E-state index is 12.4. The molecule has 1 aliphatic heterocycles. The lowest BCUT2D eigenvalue weighted by Gasteiger charge is -2.27. The Morgan fingerprint density at radius 3 is 2.45 bits per heavy atom. The minimum absolute atomic E-state index is 0. The van der Waals surface area contributed by atoms with Crippen LogP contribution in [0.15, 0.2) is 24.3 Å². The van der Waals surface area contributed by atoms with Crippen molar-refractivity contribution in [1.82, 2.24) is 10.2 Å². The molecule has 2 rings (SSSR count). The molecule has 1 aromatic carbocycles. The van der Waals surface area contributed by atoms with Crippen molar-refractivity contribution in [3.05, 3.63) is 35.4 Å². The van der Waals surface area contributed by atoms with Crippen molar-refractivity contribution in [1.29, 1.82) is 0 Å². The summed E-state index contributed by atoms with van der Waals surface area (Å²) in [6.45, 7) is 6.40. The molecule has 1 aromatic rings. The van der Waals surface area contributed by atoms with Crippen molar-refractivity contribution in [2.24, 2.45) is 5.92 Å². The average molecular weight is 325 g/mol. The number of nitrogens with one attached hydrogen (secondary N) is 1. The first kappa shape index (κ1) is 19.0. The molecule has 22 heavy (non-hydrogen) atoms. The van der Waals surface area contributed by atoms with Crippen LogP contribution in [0.1, 0.15) is 49.8 Å². The van der Waals surface area contributed by atoms with Crippen LogP contribution < -0.4 is 5.32 Å². The van der Waals surface area contributed by atoms with Crippen molar-refractivity contribution in [2.45, 2.75) is 45.6 Å². The van der Waals surface area contributed by atoms with Crippen LogP contribution in [0, 0.1) is 12.8 Å². The summed E-state index contributed by atoms with van der Waals surface area (Å²) in [6.07, 6.45) is 4.14. The lowest BCUT2D eigenvalue weighted by Crippen LogP contribution is -2.31. The van der Waals surface area contributed by atoms with Gasteiger partial charge in [0.15, 0.2) is 0 Å². The summed E-state index contributed by atoms with van der Waals surface area (Å²) in [7, 11) is 1.93. The predicted octanol–water partition coefficient (Wildman–Crippen LogP) is 3.72. The molecular formula is C18H29ClN2O. The summed E-state index contributed by atoms with van der Waals surface area (Å²) in [5, 5.41) is 3.37. The Hall–Kier alpha value is -1.06. The quantitative estimate of drug-likeness (QED) is 0.895. The van der Waals surface area contributed by atoms with E-state index in [0.29, 0.717) is 6.42 Å². The zero-order valence-corrected chi connectivity index (χ0v) is 14.8.